The fourth-order valence-electron chi connectivity index (χ4n) is 2.25. The molecule has 110 valence electrons. The van der Waals surface area contributed by atoms with Gasteiger partial charge in [0.25, 0.3) is 0 Å². The van der Waals surface area contributed by atoms with E-state index in [4.69, 9.17) is 9.47 Å². The highest BCUT2D eigenvalue weighted by Gasteiger charge is 2.26. The van der Waals surface area contributed by atoms with Crippen molar-refractivity contribution in [3.63, 3.8) is 0 Å². The van der Waals surface area contributed by atoms with E-state index in [1.807, 2.05) is 0 Å². The van der Waals surface area contributed by atoms with Gasteiger partial charge < -0.3 is 14.4 Å². The van der Waals surface area contributed by atoms with Gasteiger partial charge in [0.2, 0.25) is 0 Å². The van der Waals surface area contributed by atoms with Gasteiger partial charge in [-0.25, -0.2) is 4.79 Å². The fourth-order valence-corrected chi connectivity index (χ4v) is 2.25. The van der Waals surface area contributed by atoms with Crippen LogP contribution < -0.4 is 0 Å². The van der Waals surface area contributed by atoms with Crippen molar-refractivity contribution in [2.45, 2.75) is 46.0 Å². The lowest BCUT2D eigenvalue weighted by Crippen LogP contribution is -2.41. The Bertz CT molecular complexity index is 293. The molecule has 1 unspecified atom stereocenters. The summed E-state index contributed by atoms with van der Waals surface area (Å²) < 4.78 is 10.1. The molecule has 19 heavy (non-hydrogen) atoms. The third-order valence-electron chi connectivity index (χ3n) is 3.26. The smallest absolute Gasteiger partial charge is 0.409 e. The van der Waals surface area contributed by atoms with Gasteiger partial charge in [-0.1, -0.05) is 13.3 Å². The predicted octanol–water partition coefficient (Wildman–Crippen LogP) is 2.59. The summed E-state index contributed by atoms with van der Waals surface area (Å²) in [4.78, 5) is 25.0. The molecule has 0 radical (unpaired) electrons. The first kappa shape index (κ1) is 15.8. The molecular formula is C14H25NO4. The SMILES string of the molecule is CCCCOC(=O)N1CCCC(CC(=O)OCC)C1. The largest absolute Gasteiger partial charge is 0.466 e. The minimum Gasteiger partial charge on any atom is -0.466 e. The molecule has 0 aromatic heterocycles. The van der Waals surface area contributed by atoms with Crippen molar-refractivity contribution < 1.29 is 19.1 Å². The number of esters is 1. The van der Waals surface area contributed by atoms with Crippen LogP contribution in [0.1, 0.15) is 46.0 Å². The summed E-state index contributed by atoms with van der Waals surface area (Å²) in [6.45, 7) is 6.08. The van der Waals surface area contributed by atoms with Gasteiger partial charge in [-0.15, -0.1) is 0 Å². The molecule has 1 amide bonds. The molecular weight excluding hydrogens is 246 g/mol. The van der Waals surface area contributed by atoms with Crippen LogP contribution >= 0.6 is 0 Å². The average molecular weight is 271 g/mol. The molecule has 0 spiro atoms. The van der Waals surface area contributed by atoms with Crippen LogP contribution in [0.3, 0.4) is 0 Å². The second-order valence-electron chi connectivity index (χ2n) is 4.93. The van der Waals surface area contributed by atoms with Gasteiger partial charge in [-0.2, -0.15) is 0 Å². The minimum atomic E-state index is -0.248. The molecule has 1 heterocycles. The van der Waals surface area contributed by atoms with Crippen LogP contribution in [0.4, 0.5) is 4.79 Å². The summed E-state index contributed by atoms with van der Waals surface area (Å²) in [6.07, 6.45) is 3.95. The average Bonchev–Trinajstić information content (AvgIpc) is 2.39. The highest BCUT2D eigenvalue weighted by atomic mass is 16.6. The van der Waals surface area contributed by atoms with Crippen molar-refractivity contribution in [3.8, 4) is 0 Å². The second kappa shape index (κ2) is 8.77. The van der Waals surface area contributed by atoms with E-state index in [2.05, 4.69) is 6.92 Å². The summed E-state index contributed by atoms with van der Waals surface area (Å²) in [5.41, 5.74) is 0. The van der Waals surface area contributed by atoms with Gasteiger partial charge in [0.15, 0.2) is 0 Å². The summed E-state index contributed by atoms with van der Waals surface area (Å²) in [7, 11) is 0. The van der Waals surface area contributed by atoms with E-state index in [9.17, 15) is 9.59 Å². The maximum Gasteiger partial charge on any atom is 0.409 e. The third-order valence-corrected chi connectivity index (χ3v) is 3.26. The van der Waals surface area contributed by atoms with Gasteiger partial charge in [-0.05, 0) is 32.1 Å². The van der Waals surface area contributed by atoms with E-state index < -0.39 is 0 Å². The molecule has 1 aliphatic heterocycles. The Balaban J connectivity index is 2.32. The van der Waals surface area contributed by atoms with E-state index in [0.717, 1.165) is 32.2 Å². The number of nitrogens with zero attached hydrogens (tertiary/aromatic N) is 1. The van der Waals surface area contributed by atoms with E-state index in [1.165, 1.54) is 0 Å². The molecule has 5 nitrogen and oxygen atoms in total. The Morgan fingerprint density at radius 1 is 1.26 bits per heavy atom. The Kier molecular flexibility index (Phi) is 7.30. The maximum absolute atomic E-state index is 11.8. The first-order chi connectivity index (χ1) is 9.17. The Morgan fingerprint density at radius 3 is 2.74 bits per heavy atom. The van der Waals surface area contributed by atoms with E-state index >= 15 is 0 Å². The number of unbranched alkanes of at least 4 members (excludes halogenated alkanes) is 1. The Morgan fingerprint density at radius 2 is 2.05 bits per heavy atom. The molecule has 0 N–H and O–H groups in total. The van der Waals surface area contributed by atoms with Gasteiger partial charge in [-0.3, -0.25) is 4.79 Å². The number of amides is 1. The number of carbonyl (C=O) groups is 2. The fraction of sp³-hybridized carbons (Fsp3) is 0.857. The zero-order valence-corrected chi connectivity index (χ0v) is 12.0. The molecule has 0 saturated carbocycles. The van der Waals surface area contributed by atoms with Crippen LogP contribution in [-0.2, 0) is 14.3 Å². The first-order valence-electron chi connectivity index (χ1n) is 7.24. The summed E-state index contributed by atoms with van der Waals surface area (Å²) in [5.74, 6) is 0.0280. The predicted molar refractivity (Wildman–Crippen MR) is 71.8 cm³/mol. The van der Waals surface area contributed by atoms with Crippen LogP contribution in [0.25, 0.3) is 0 Å². The van der Waals surface area contributed by atoms with E-state index in [0.29, 0.717) is 26.2 Å². The van der Waals surface area contributed by atoms with E-state index in [1.54, 1.807) is 11.8 Å². The molecule has 1 saturated heterocycles. The van der Waals surface area contributed by atoms with Gasteiger partial charge in [0.1, 0.15) is 0 Å². The third kappa shape index (κ3) is 5.94. The number of rotatable bonds is 6. The molecule has 1 rings (SSSR count). The lowest BCUT2D eigenvalue weighted by molar-refractivity contribution is -0.144. The molecule has 0 aromatic carbocycles. The van der Waals surface area contributed by atoms with Crippen LogP contribution in [-0.4, -0.2) is 43.3 Å². The van der Waals surface area contributed by atoms with Crippen LogP contribution in [0, 0.1) is 5.92 Å². The van der Waals surface area contributed by atoms with Crippen molar-refractivity contribution in [2.24, 2.45) is 5.92 Å². The molecule has 1 atom stereocenters. The van der Waals surface area contributed by atoms with Crippen molar-refractivity contribution in [3.05, 3.63) is 0 Å². The number of carbonyl (C=O) groups excluding carboxylic acids is 2. The number of hydrogen-bond acceptors (Lipinski definition) is 4. The van der Waals surface area contributed by atoms with Crippen LogP contribution in [0.2, 0.25) is 0 Å². The monoisotopic (exact) mass is 271 g/mol. The topological polar surface area (TPSA) is 55.8 Å². The molecule has 1 aliphatic rings. The zero-order valence-electron chi connectivity index (χ0n) is 12.0. The summed E-state index contributed by atoms with van der Waals surface area (Å²) >= 11 is 0. The zero-order chi connectivity index (χ0) is 14.1. The maximum atomic E-state index is 11.8. The van der Waals surface area contributed by atoms with Crippen LogP contribution in [0.5, 0.6) is 0 Å². The van der Waals surface area contributed by atoms with Crippen molar-refractivity contribution in [1.29, 1.82) is 0 Å². The molecule has 5 heteroatoms. The van der Waals surface area contributed by atoms with Crippen molar-refractivity contribution in [2.75, 3.05) is 26.3 Å². The molecule has 0 aliphatic carbocycles. The number of piperidine rings is 1. The lowest BCUT2D eigenvalue weighted by atomic mass is 9.95. The molecule has 0 bridgehead atoms. The summed E-state index contributed by atoms with van der Waals surface area (Å²) in [5, 5.41) is 0. The van der Waals surface area contributed by atoms with Gasteiger partial charge in [0.05, 0.1) is 19.6 Å². The standard InChI is InChI=1S/C14H25NO4/c1-3-5-9-19-14(17)15-8-6-7-12(11-15)10-13(16)18-4-2/h12H,3-11H2,1-2H3. The molecule has 1 fully saturated rings. The van der Waals surface area contributed by atoms with Gasteiger partial charge in [0, 0.05) is 13.1 Å². The lowest BCUT2D eigenvalue weighted by Gasteiger charge is -2.31. The first-order valence-corrected chi connectivity index (χ1v) is 7.24. The second-order valence-corrected chi connectivity index (χ2v) is 4.93. The molecule has 0 aromatic rings. The Labute approximate surface area is 115 Å². The number of likely N-dealkylation sites (tertiary alicyclic amines) is 1. The minimum absolute atomic E-state index is 0.172. The normalized spacial score (nSPS) is 19.1. The Hall–Kier alpha value is -1.26. The van der Waals surface area contributed by atoms with E-state index in [-0.39, 0.29) is 18.0 Å². The highest BCUT2D eigenvalue weighted by molar-refractivity contribution is 5.70. The van der Waals surface area contributed by atoms with Crippen molar-refractivity contribution in [1.82, 2.24) is 4.90 Å². The van der Waals surface area contributed by atoms with Crippen LogP contribution in [0.15, 0.2) is 0 Å². The van der Waals surface area contributed by atoms with Gasteiger partial charge >= 0.3 is 12.1 Å². The summed E-state index contributed by atoms with van der Waals surface area (Å²) in [6, 6.07) is 0. The van der Waals surface area contributed by atoms with Crippen molar-refractivity contribution >= 4 is 12.1 Å². The highest BCUT2D eigenvalue weighted by Crippen LogP contribution is 2.20. The quantitative estimate of drug-likeness (QED) is 0.550. The number of hydrogen-bond donors (Lipinski definition) is 0. The number of ether oxygens (including phenoxy) is 2.